The van der Waals surface area contributed by atoms with E-state index in [0.29, 0.717) is 10.7 Å². The van der Waals surface area contributed by atoms with E-state index in [1.54, 1.807) is 35.0 Å². The van der Waals surface area contributed by atoms with E-state index < -0.39 is 5.25 Å². The van der Waals surface area contributed by atoms with Crippen LogP contribution in [0.2, 0.25) is 5.02 Å². The van der Waals surface area contributed by atoms with Crippen molar-refractivity contribution in [1.82, 2.24) is 0 Å². The van der Waals surface area contributed by atoms with Crippen LogP contribution in [-0.2, 0) is 4.79 Å². The highest BCUT2D eigenvalue weighted by Crippen LogP contribution is 2.39. The van der Waals surface area contributed by atoms with Gasteiger partial charge in [-0.05, 0) is 30.3 Å². The maximum atomic E-state index is 12.8. The third kappa shape index (κ3) is 2.36. The Kier molecular flexibility index (Phi) is 3.85. The van der Waals surface area contributed by atoms with Gasteiger partial charge >= 0.3 is 0 Å². The Hall–Kier alpha value is -1.98. The summed E-state index contributed by atoms with van der Waals surface area (Å²) < 4.78 is 0. The number of amides is 1. The number of nitrogens with zero attached hydrogens (tertiary/aromatic N) is 2. The van der Waals surface area contributed by atoms with Gasteiger partial charge in [0.2, 0.25) is 0 Å². The minimum Gasteiger partial charge on any atom is -0.330 e. The molecule has 112 valence electrons. The Bertz CT molecular complexity index is 750. The largest absolute Gasteiger partial charge is 0.330 e. The van der Waals surface area contributed by atoms with Gasteiger partial charge in [0, 0.05) is 17.8 Å². The van der Waals surface area contributed by atoms with Crippen molar-refractivity contribution >= 4 is 53.0 Å². The van der Waals surface area contributed by atoms with E-state index in [9.17, 15) is 4.79 Å². The molecule has 0 saturated heterocycles. The summed E-state index contributed by atoms with van der Waals surface area (Å²) in [5, 5.41) is 7.87. The monoisotopic (exact) mass is 331 g/mol. The predicted octanol–water partition coefficient (Wildman–Crippen LogP) is 3.73. The van der Waals surface area contributed by atoms with E-state index in [1.807, 2.05) is 30.3 Å². The Balaban J connectivity index is 2.27. The van der Waals surface area contributed by atoms with Gasteiger partial charge in [-0.3, -0.25) is 15.1 Å². The van der Waals surface area contributed by atoms with Crippen LogP contribution >= 0.6 is 24.2 Å². The van der Waals surface area contributed by atoms with E-state index in [4.69, 9.17) is 17.0 Å². The summed E-state index contributed by atoms with van der Waals surface area (Å²) in [5.41, 5.74) is 2.11. The molecule has 1 atom stereocenters. The Labute approximate surface area is 139 Å². The SMILES string of the molecule is CN1C(=N)C(S)C(=O)N(c2ccccc2)c2cc(Cl)ccc21. The van der Waals surface area contributed by atoms with Crippen LogP contribution in [0.3, 0.4) is 0 Å². The topological polar surface area (TPSA) is 47.4 Å². The molecule has 0 radical (unpaired) electrons. The summed E-state index contributed by atoms with van der Waals surface area (Å²) in [6.45, 7) is 0. The van der Waals surface area contributed by atoms with E-state index in [1.165, 1.54) is 0 Å². The lowest BCUT2D eigenvalue weighted by Gasteiger charge is -2.24. The molecule has 3 rings (SSSR count). The van der Waals surface area contributed by atoms with Crippen molar-refractivity contribution in [2.75, 3.05) is 16.8 Å². The fourth-order valence-corrected chi connectivity index (χ4v) is 2.93. The minimum absolute atomic E-state index is 0.135. The van der Waals surface area contributed by atoms with Crippen LogP contribution in [-0.4, -0.2) is 24.0 Å². The molecule has 0 saturated carbocycles. The average molecular weight is 332 g/mol. The van der Waals surface area contributed by atoms with Crippen LogP contribution in [0.1, 0.15) is 0 Å². The summed E-state index contributed by atoms with van der Waals surface area (Å²) in [5.74, 6) is -0.136. The Morgan fingerprint density at radius 2 is 1.82 bits per heavy atom. The van der Waals surface area contributed by atoms with Crippen molar-refractivity contribution in [3.8, 4) is 0 Å². The van der Waals surface area contributed by atoms with E-state index in [2.05, 4.69) is 12.6 Å². The average Bonchev–Trinajstić information content (AvgIpc) is 2.59. The maximum absolute atomic E-state index is 12.8. The van der Waals surface area contributed by atoms with Crippen molar-refractivity contribution in [3.63, 3.8) is 0 Å². The zero-order valence-electron chi connectivity index (χ0n) is 11.8. The highest BCUT2D eigenvalue weighted by atomic mass is 35.5. The van der Waals surface area contributed by atoms with Gasteiger partial charge in [-0.25, -0.2) is 0 Å². The molecule has 1 unspecified atom stereocenters. The number of amidine groups is 1. The van der Waals surface area contributed by atoms with Crippen LogP contribution in [0.15, 0.2) is 48.5 Å². The molecule has 0 bridgehead atoms. The van der Waals surface area contributed by atoms with Crippen molar-refractivity contribution in [1.29, 1.82) is 5.41 Å². The molecule has 0 aromatic heterocycles. The van der Waals surface area contributed by atoms with Gasteiger partial charge < -0.3 is 4.90 Å². The predicted molar refractivity (Wildman–Crippen MR) is 93.9 cm³/mol. The van der Waals surface area contributed by atoms with Gasteiger partial charge in [-0.15, -0.1) is 0 Å². The standard InChI is InChI=1S/C16H14ClN3OS/c1-19-12-8-7-10(17)9-13(12)20(11-5-3-2-4-6-11)16(21)14(22)15(19)18/h2-9,14,18,22H,1H3. The lowest BCUT2D eigenvalue weighted by Crippen LogP contribution is -2.39. The third-order valence-corrected chi connectivity index (χ3v) is 4.33. The molecular formula is C16H14ClN3OS. The normalized spacial score (nSPS) is 18.2. The van der Waals surface area contributed by atoms with Crippen molar-refractivity contribution < 1.29 is 4.79 Å². The highest BCUT2D eigenvalue weighted by molar-refractivity contribution is 7.82. The van der Waals surface area contributed by atoms with E-state index in [-0.39, 0.29) is 11.7 Å². The molecule has 1 amide bonds. The van der Waals surface area contributed by atoms with Crippen LogP contribution in [0.4, 0.5) is 17.1 Å². The molecule has 4 nitrogen and oxygen atoms in total. The number of rotatable bonds is 1. The summed E-state index contributed by atoms with van der Waals surface area (Å²) in [6, 6.07) is 14.6. The fraction of sp³-hybridized carbons (Fsp3) is 0.125. The van der Waals surface area contributed by atoms with Crippen molar-refractivity contribution in [2.24, 2.45) is 0 Å². The van der Waals surface area contributed by atoms with Gasteiger partial charge in [0.15, 0.2) is 0 Å². The molecule has 6 heteroatoms. The van der Waals surface area contributed by atoms with Gasteiger partial charge in [0.1, 0.15) is 11.1 Å². The molecule has 1 aliphatic heterocycles. The molecule has 0 fully saturated rings. The van der Waals surface area contributed by atoms with Crippen LogP contribution in [0.5, 0.6) is 0 Å². The Morgan fingerprint density at radius 3 is 2.50 bits per heavy atom. The molecule has 0 spiro atoms. The minimum atomic E-state index is -0.837. The first kappa shape index (κ1) is 14.9. The number of halogens is 1. The van der Waals surface area contributed by atoms with Crippen molar-refractivity contribution in [2.45, 2.75) is 5.25 Å². The summed E-state index contributed by atoms with van der Waals surface area (Å²) >= 11 is 10.5. The number of thiol groups is 1. The quantitative estimate of drug-likeness (QED) is 0.782. The number of para-hydroxylation sites is 1. The first-order valence-electron chi connectivity index (χ1n) is 6.69. The Morgan fingerprint density at radius 1 is 1.14 bits per heavy atom. The zero-order chi connectivity index (χ0) is 15.9. The number of hydrogen-bond acceptors (Lipinski definition) is 3. The second-order valence-electron chi connectivity index (χ2n) is 4.99. The number of fused-ring (bicyclic) bond motifs is 1. The maximum Gasteiger partial charge on any atom is 0.252 e. The molecule has 0 aliphatic carbocycles. The zero-order valence-corrected chi connectivity index (χ0v) is 13.5. The molecule has 1 heterocycles. The lowest BCUT2D eigenvalue weighted by molar-refractivity contribution is -0.116. The molecule has 1 aliphatic rings. The van der Waals surface area contributed by atoms with Gasteiger partial charge in [-0.1, -0.05) is 29.8 Å². The van der Waals surface area contributed by atoms with Gasteiger partial charge in [-0.2, -0.15) is 12.6 Å². The third-order valence-electron chi connectivity index (χ3n) is 3.63. The summed E-state index contributed by atoms with van der Waals surface area (Å²) in [7, 11) is 1.75. The summed E-state index contributed by atoms with van der Waals surface area (Å²) in [4.78, 5) is 16.0. The van der Waals surface area contributed by atoms with Gasteiger partial charge in [0.05, 0.1) is 11.4 Å². The molecular weight excluding hydrogens is 318 g/mol. The first-order chi connectivity index (χ1) is 10.5. The molecule has 22 heavy (non-hydrogen) atoms. The van der Waals surface area contributed by atoms with Crippen LogP contribution in [0, 0.1) is 5.41 Å². The number of nitrogens with one attached hydrogen (secondary N) is 1. The van der Waals surface area contributed by atoms with Crippen LogP contribution < -0.4 is 9.80 Å². The van der Waals surface area contributed by atoms with E-state index in [0.717, 1.165) is 11.4 Å². The van der Waals surface area contributed by atoms with Crippen LogP contribution in [0.25, 0.3) is 0 Å². The number of carbonyl (C=O) groups is 1. The number of anilines is 3. The first-order valence-corrected chi connectivity index (χ1v) is 7.59. The molecule has 1 N–H and O–H groups in total. The number of benzene rings is 2. The summed E-state index contributed by atoms with van der Waals surface area (Å²) in [6.07, 6.45) is 0. The van der Waals surface area contributed by atoms with Crippen molar-refractivity contribution in [3.05, 3.63) is 53.6 Å². The molecule has 2 aromatic rings. The molecule has 2 aromatic carbocycles. The number of hydrogen-bond donors (Lipinski definition) is 2. The number of carbonyl (C=O) groups excluding carboxylic acids is 1. The highest BCUT2D eigenvalue weighted by Gasteiger charge is 2.35. The fourth-order valence-electron chi connectivity index (χ4n) is 2.47. The second kappa shape index (κ2) is 5.66. The smallest absolute Gasteiger partial charge is 0.252 e. The second-order valence-corrected chi connectivity index (χ2v) is 5.94. The lowest BCUT2D eigenvalue weighted by atomic mass is 10.2. The van der Waals surface area contributed by atoms with E-state index >= 15 is 0 Å². The van der Waals surface area contributed by atoms with Gasteiger partial charge in [0.25, 0.3) is 5.91 Å².